The van der Waals surface area contributed by atoms with Gasteiger partial charge in [-0.1, -0.05) is 34.6 Å². The topological polar surface area (TPSA) is 32.3 Å². The highest BCUT2D eigenvalue weighted by Crippen LogP contribution is 2.65. The minimum Gasteiger partial charge on any atom is -0.392 e. The van der Waals surface area contributed by atoms with Gasteiger partial charge in [0.15, 0.2) is 0 Å². The zero-order valence-corrected chi connectivity index (χ0v) is 12.1. The first-order chi connectivity index (χ1) is 7.79. The minimum atomic E-state index is -0.208. The van der Waals surface area contributed by atoms with Gasteiger partial charge in [0, 0.05) is 12.6 Å². The molecule has 0 aromatic rings. The molecule has 2 aliphatic carbocycles. The average Bonchev–Trinajstić information content (AvgIpc) is 2.57. The van der Waals surface area contributed by atoms with E-state index in [2.05, 4.69) is 39.9 Å². The summed E-state index contributed by atoms with van der Waals surface area (Å²) in [4.78, 5) is 0. The second-order valence-electron chi connectivity index (χ2n) is 7.38. The van der Waals surface area contributed by atoms with Crippen molar-refractivity contribution >= 4 is 0 Å². The van der Waals surface area contributed by atoms with Crippen molar-refractivity contribution in [2.45, 2.75) is 66.0 Å². The Morgan fingerprint density at radius 2 is 1.94 bits per heavy atom. The van der Waals surface area contributed by atoms with E-state index in [0.29, 0.717) is 22.8 Å². The Hall–Kier alpha value is -0.0800. The van der Waals surface area contributed by atoms with Crippen molar-refractivity contribution in [3.8, 4) is 0 Å². The Morgan fingerprint density at radius 3 is 2.35 bits per heavy atom. The number of fused-ring (bicyclic) bond motifs is 2. The van der Waals surface area contributed by atoms with Gasteiger partial charge in [0.2, 0.25) is 0 Å². The van der Waals surface area contributed by atoms with Gasteiger partial charge in [0.1, 0.15) is 0 Å². The van der Waals surface area contributed by atoms with Crippen molar-refractivity contribution < 1.29 is 5.11 Å². The Morgan fingerprint density at radius 1 is 1.29 bits per heavy atom. The van der Waals surface area contributed by atoms with Crippen LogP contribution in [0.4, 0.5) is 0 Å². The van der Waals surface area contributed by atoms with Gasteiger partial charge in [-0.15, -0.1) is 0 Å². The van der Waals surface area contributed by atoms with Crippen LogP contribution in [0.15, 0.2) is 0 Å². The van der Waals surface area contributed by atoms with Gasteiger partial charge >= 0.3 is 0 Å². The van der Waals surface area contributed by atoms with Crippen molar-refractivity contribution in [1.82, 2.24) is 5.32 Å². The molecule has 17 heavy (non-hydrogen) atoms. The van der Waals surface area contributed by atoms with Gasteiger partial charge < -0.3 is 10.4 Å². The Balaban J connectivity index is 1.97. The normalized spacial score (nSPS) is 41.1. The third-order valence-corrected chi connectivity index (χ3v) is 6.14. The number of hydrogen-bond acceptors (Lipinski definition) is 2. The van der Waals surface area contributed by atoms with Crippen LogP contribution >= 0.6 is 0 Å². The summed E-state index contributed by atoms with van der Waals surface area (Å²) < 4.78 is 0. The fourth-order valence-electron chi connectivity index (χ4n) is 4.01. The van der Waals surface area contributed by atoms with Crippen LogP contribution in [0.5, 0.6) is 0 Å². The first-order valence-electron chi connectivity index (χ1n) is 7.20. The summed E-state index contributed by atoms with van der Waals surface area (Å²) in [5.74, 6) is 1.23. The number of aliphatic hydroxyl groups excluding tert-OH is 1. The molecule has 0 aromatic heterocycles. The molecule has 0 aromatic carbocycles. The Kier molecular flexibility index (Phi) is 3.33. The average molecular weight is 239 g/mol. The molecule has 2 bridgehead atoms. The molecule has 4 unspecified atom stereocenters. The number of aliphatic hydroxyl groups is 1. The van der Waals surface area contributed by atoms with Crippen molar-refractivity contribution in [2.75, 3.05) is 6.54 Å². The molecular weight excluding hydrogens is 210 g/mol. The van der Waals surface area contributed by atoms with E-state index in [9.17, 15) is 5.11 Å². The summed E-state index contributed by atoms with van der Waals surface area (Å²) in [6, 6.07) is 0.602. The molecule has 0 heterocycles. The van der Waals surface area contributed by atoms with Crippen LogP contribution in [0, 0.1) is 22.7 Å². The van der Waals surface area contributed by atoms with Crippen LogP contribution in [0.3, 0.4) is 0 Å². The fourth-order valence-corrected chi connectivity index (χ4v) is 4.01. The van der Waals surface area contributed by atoms with Gasteiger partial charge in [-0.2, -0.15) is 0 Å². The standard InChI is InChI=1S/C15H29NO/c1-10(2)12(17)9-16-13-8-11-6-7-15(13,5)14(11,3)4/h10-13,16-17H,6-9H2,1-5H3. The lowest BCUT2D eigenvalue weighted by molar-refractivity contribution is 0.0892. The molecule has 2 rings (SSSR count). The van der Waals surface area contributed by atoms with E-state index < -0.39 is 0 Å². The monoisotopic (exact) mass is 239 g/mol. The summed E-state index contributed by atoms with van der Waals surface area (Å²) in [6.45, 7) is 12.2. The maximum absolute atomic E-state index is 9.91. The summed E-state index contributed by atoms with van der Waals surface area (Å²) in [6.07, 6.45) is 3.84. The van der Waals surface area contributed by atoms with Crippen LogP contribution in [-0.2, 0) is 0 Å². The largest absolute Gasteiger partial charge is 0.392 e. The first kappa shape index (κ1) is 13.4. The molecule has 2 heteroatoms. The van der Waals surface area contributed by atoms with E-state index in [1.165, 1.54) is 19.3 Å². The lowest BCUT2D eigenvalue weighted by atomic mass is 9.69. The smallest absolute Gasteiger partial charge is 0.0687 e. The molecule has 100 valence electrons. The van der Waals surface area contributed by atoms with E-state index in [0.717, 1.165) is 12.5 Å². The lowest BCUT2D eigenvalue weighted by Gasteiger charge is -2.40. The van der Waals surface area contributed by atoms with Crippen molar-refractivity contribution in [3.63, 3.8) is 0 Å². The molecule has 0 saturated heterocycles. The second kappa shape index (κ2) is 4.24. The van der Waals surface area contributed by atoms with Gasteiger partial charge in [-0.25, -0.2) is 0 Å². The summed E-state index contributed by atoms with van der Waals surface area (Å²) in [5, 5.41) is 13.5. The Labute approximate surface area is 106 Å². The zero-order valence-electron chi connectivity index (χ0n) is 12.1. The molecular formula is C15H29NO. The van der Waals surface area contributed by atoms with Gasteiger partial charge in [0.25, 0.3) is 0 Å². The third kappa shape index (κ3) is 1.94. The molecule has 0 amide bonds. The molecule has 0 spiro atoms. The maximum atomic E-state index is 9.91. The van der Waals surface area contributed by atoms with Crippen molar-refractivity contribution in [2.24, 2.45) is 22.7 Å². The second-order valence-corrected chi connectivity index (χ2v) is 7.38. The fraction of sp³-hybridized carbons (Fsp3) is 1.00. The highest BCUT2D eigenvalue weighted by atomic mass is 16.3. The lowest BCUT2D eigenvalue weighted by Crippen LogP contribution is -2.47. The summed E-state index contributed by atoms with van der Waals surface area (Å²) in [7, 11) is 0. The van der Waals surface area contributed by atoms with Crippen LogP contribution in [-0.4, -0.2) is 23.8 Å². The number of rotatable bonds is 4. The van der Waals surface area contributed by atoms with E-state index in [1.54, 1.807) is 0 Å². The van der Waals surface area contributed by atoms with Crippen LogP contribution < -0.4 is 5.32 Å². The van der Waals surface area contributed by atoms with E-state index in [1.807, 2.05) is 0 Å². The predicted octanol–water partition coefficient (Wildman–Crippen LogP) is 2.81. The van der Waals surface area contributed by atoms with Crippen LogP contribution in [0.1, 0.15) is 53.9 Å². The van der Waals surface area contributed by atoms with E-state index in [4.69, 9.17) is 0 Å². The van der Waals surface area contributed by atoms with Gasteiger partial charge in [-0.05, 0) is 41.9 Å². The quantitative estimate of drug-likeness (QED) is 0.790. The number of nitrogens with one attached hydrogen (secondary N) is 1. The molecule has 2 nitrogen and oxygen atoms in total. The first-order valence-corrected chi connectivity index (χ1v) is 7.20. The van der Waals surface area contributed by atoms with Gasteiger partial charge in [0.05, 0.1) is 6.10 Å². The SMILES string of the molecule is CC(C)C(O)CNC1CC2CCC1(C)C2(C)C. The van der Waals surface area contributed by atoms with Crippen molar-refractivity contribution in [1.29, 1.82) is 0 Å². The highest BCUT2D eigenvalue weighted by molar-refractivity contribution is 5.13. The summed E-state index contributed by atoms with van der Waals surface area (Å²) in [5.41, 5.74) is 0.891. The number of hydrogen-bond donors (Lipinski definition) is 2. The molecule has 2 saturated carbocycles. The molecule has 2 aliphatic rings. The molecule has 4 atom stereocenters. The van der Waals surface area contributed by atoms with Crippen LogP contribution in [0.25, 0.3) is 0 Å². The molecule has 2 N–H and O–H groups in total. The van der Waals surface area contributed by atoms with E-state index >= 15 is 0 Å². The molecule has 2 fully saturated rings. The zero-order chi connectivity index (χ0) is 12.8. The van der Waals surface area contributed by atoms with Crippen LogP contribution in [0.2, 0.25) is 0 Å². The highest BCUT2D eigenvalue weighted by Gasteiger charge is 2.60. The summed E-state index contributed by atoms with van der Waals surface area (Å²) >= 11 is 0. The van der Waals surface area contributed by atoms with Crippen molar-refractivity contribution in [3.05, 3.63) is 0 Å². The molecule has 0 aliphatic heterocycles. The van der Waals surface area contributed by atoms with E-state index in [-0.39, 0.29) is 6.10 Å². The van der Waals surface area contributed by atoms with Gasteiger partial charge in [-0.3, -0.25) is 0 Å². The molecule has 0 radical (unpaired) electrons. The minimum absolute atomic E-state index is 0.208. The predicted molar refractivity (Wildman–Crippen MR) is 71.9 cm³/mol. The maximum Gasteiger partial charge on any atom is 0.0687 e. The third-order valence-electron chi connectivity index (χ3n) is 6.14. The Bertz CT molecular complexity index is 287.